The molecule has 118 valence electrons. The van der Waals surface area contributed by atoms with Crippen molar-refractivity contribution < 1.29 is 9.53 Å². The van der Waals surface area contributed by atoms with Gasteiger partial charge in [0.1, 0.15) is 0 Å². The summed E-state index contributed by atoms with van der Waals surface area (Å²) in [7, 11) is 1.45. The van der Waals surface area contributed by atoms with E-state index in [1.807, 2.05) is 0 Å². The average molecular weight is 290 g/mol. The second kappa shape index (κ2) is 16.6. The van der Waals surface area contributed by atoms with Gasteiger partial charge in [-0.25, -0.2) is 0 Å². The molecule has 0 saturated carbocycles. The molecule has 0 amide bonds. The third-order valence-corrected chi connectivity index (χ3v) is 3.21. The van der Waals surface area contributed by atoms with Crippen molar-refractivity contribution in [3.8, 4) is 23.7 Å². The summed E-state index contributed by atoms with van der Waals surface area (Å²) < 4.78 is 4.61. The zero-order valence-electron chi connectivity index (χ0n) is 13.8. The lowest BCUT2D eigenvalue weighted by molar-refractivity contribution is -0.140. The van der Waals surface area contributed by atoms with Gasteiger partial charge in [0.2, 0.25) is 0 Å². The van der Waals surface area contributed by atoms with Gasteiger partial charge in [-0.1, -0.05) is 39.0 Å². The molecule has 0 aliphatic heterocycles. The molecule has 2 heteroatoms. The third-order valence-electron chi connectivity index (χ3n) is 3.21. The van der Waals surface area contributed by atoms with E-state index >= 15 is 0 Å². The van der Waals surface area contributed by atoms with Gasteiger partial charge in [0.05, 0.1) is 7.11 Å². The van der Waals surface area contributed by atoms with Crippen LogP contribution >= 0.6 is 0 Å². The number of carbonyl (C=O) groups excluding carboxylic acids is 1. The number of hydrogen-bond donors (Lipinski definition) is 0. The fourth-order valence-corrected chi connectivity index (χ4v) is 1.98. The van der Waals surface area contributed by atoms with Crippen LogP contribution in [0.3, 0.4) is 0 Å². The Kier molecular flexibility index (Phi) is 15.5. The van der Waals surface area contributed by atoms with Crippen LogP contribution in [-0.4, -0.2) is 13.1 Å². The van der Waals surface area contributed by atoms with E-state index in [1.165, 1.54) is 39.2 Å². The van der Waals surface area contributed by atoms with Crippen molar-refractivity contribution >= 4 is 5.97 Å². The molecule has 0 aromatic rings. The quantitative estimate of drug-likeness (QED) is 0.326. The number of esters is 1. The van der Waals surface area contributed by atoms with Gasteiger partial charge in [0.25, 0.3) is 0 Å². The molecule has 0 spiro atoms. The molecule has 0 atom stereocenters. The van der Waals surface area contributed by atoms with Crippen molar-refractivity contribution in [3.63, 3.8) is 0 Å². The largest absolute Gasteiger partial charge is 0.469 e. The van der Waals surface area contributed by atoms with Crippen molar-refractivity contribution in [1.82, 2.24) is 0 Å². The van der Waals surface area contributed by atoms with Crippen LogP contribution in [0.1, 0.15) is 84.0 Å². The number of rotatable bonds is 10. The first-order chi connectivity index (χ1) is 10.3. The topological polar surface area (TPSA) is 26.3 Å². The van der Waals surface area contributed by atoms with Crippen LogP contribution in [0.2, 0.25) is 0 Å². The Balaban J connectivity index is 3.19. The van der Waals surface area contributed by atoms with Gasteiger partial charge >= 0.3 is 5.97 Å². The summed E-state index contributed by atoms with van der Waals surface area (Å²) in [6, 6.07) is 0. The molecule has 0 bridgehead atoms. The Bertz CT molecular complexity index is 362. The predicted octanol–water partition coefficient (Wildman–Crippen LogP) is 4.87. The monoisotopic (exact) mass is 290 g/mol. The van der Waals surface area contributed by atoms with Crippen molar-refractivity contribution in [2.75, 3.05) is 7.11 Å². The summed E-state index contributed by atoms with van der Waals surface area (Å²) in [6.45, 7) is 2.07. The lowest BCUT2D eigenvalue weighted by Crippen LogP contribution is -1.99. The van der Waals surface area contributed by atoms with Gasteiger partial charge in [-0.15, -0.1) is 23.7 Å². The number of ether oxygens (including phenoxy) is 1. The van der Waals surface area contributed by atoms with Crippen LogP contribution in [0.25, 0.3) is 0 Å². The van der Waals surface area contributed by atoms with Gasteiger partial charge in [-0.2, -0.15) is 0 Å². The van der Waals surface area contributed by atoms with Gasteiger partial charge in [0, 0.05) is 32.1 Å². The highest BCUT2D eigenvalue weighted by Crippen LogP contribution is 2.09. The minimum atomic E-state index is -0.0887. The van der Waals surface area contributed by atoms with Crippen LogP contribution in [0.15, 0.2) is 0 Å². The summed E-state index contributed by atoms with van der Waals surface area (Å²) in [5.74, 6) is 12.5. The summed E-state index contributed by atoms with van der Waals surface area (Å²) >= 11 is 0. The molecular weight excluding hydrogens is 260 g/mol. The fourth-order valence-electron chi connectivity index (χ4n) is 1.98. The van der Waals surface area contributed by atoms with E-state index in [4.69, 9.17) is 0 Å². The maximum absolute atomic E-state index is 10.9. The minimum absolute atomic E-state index is 0.0887. The first-order valence-corrected chi connectivity index (χ1v) is 8.29. The molecule has 21 heavy (non-hydrogen) atoms. The van der Waals surface area contributed by atoms with E-state index in [1.54, 1.807) is 0 Å². The maximum atomic E-state index is 10.9. The highest BCUT2D eigenvalue weighted by molar-refractivity contribution is 5.68. The molecule has 0 rings (SSSR count). The van der Waals surface area contributed by atoms with Gasteiger partial charge in [-0.05, 0) is 12.8 Å². The first kappa shape index (κ1) is 19.6. The Morgan fingerprint density at radius 3 is 1.90 bits per heavy atom. The van der Waals surface area contributed by atoms with E-state index in [0.29, 0.717) is 6.42 Å². The molecule has 0 heterocycles. The van der Waals surface area contributed by atoms with Crippen molar-refractivity contribution in [1.29, 1.82) is 0 Å². The van der Waals surface area contributed by atoms with Crippen LogP contribution in [0, 0.1) is 23.7 Å². The molecule has 0 N–H and O–H groups in total. The van der Waals surface area contributed by atoms with Crippen molar-refractivity contribution in [3.05, 3.63) is 0 Å². The lowest BCUT2D eigenvalue weighted by atomic mass is 10.1. The van der Waals surface area contributed by atoms with Gasteiger partial charge in [-0.3, -0.25) is 4.79 Å². The fraction of sp³-hybridized carbons (Fsp3) is 0.737. The van der Waals surface area contributed by atoms with Crippen LogP contribution in [0.4, 0.5) is 0 Å². The molecule has 2 nitrogen and oxygen atoms in total. The van der Waals surface area contributed by atoms with E-state index in [9.17, 15) is 4.79 Å². The molecule has 0 aliphatic rings. The molecule has 0 unspecified atom stereocenters. The zero-order chi connectivity index (χ0) is 15.6. The molecule has 0 saturated heterocycles. The van der Waals surface area contributed by atoms with Crippen LogP contribution in [-0.2, 0) is 9.53 Å². The molecule has 0 aliphatic carbocycles. The predicted molar refractivity (Wildman–Crippen MR) is 88.6 cm³/mol. The lowest BCUT2D eigenvalue weighted by Gasteiger charge is -2.00. The highest BCUT2D eigenvalue weighted by atomic mass is 16.5. The van der Waals surface area contributed by atoms with E-state index in [2.05, 4.69) is 35.3 Å². The van der Waals surface area contributed by atoms with E-state index in [0.717, 1.165) is 38.5 Å². The maximum Gasteiger partial charge on any atom is 0.305 e. The Morgan fingerprint density at radius 2 is 1.29 bits per heavy atom. The van der Waals surface area contributed by atoms with E-state index in [-0.39, 0.29) is 5.97 Å². The smallest absolute Gasteiger partial charge is 0.305 e. The molecule has 0 aromatic heterocycles. The number of carbonyl (C=O) groups is 1. The SMILES string of the molecule is CCC#CCCC#CCCCCCCCCCC(=O)OC. The van der Waals surface area contributed by atoms with Crippen LogP contribution < -0.4 is 0 Å². The number of hydrogen-bond acceptors (Lipinski definition) is 2. The highest BCUT2D eigenvalue weighted by Gasteiger charge is 1.98. The standard InChI is InChI=1S/C19H30O2/c1-3-4-5-6-7-8-9-10-11-12-13-14-15-16-17-18-19(20)21-2/h3,6-7,10-18H2,1-2H3. The van der Waals surface area contributed by atoms with Crippen molar-refractivity contribution in [2.24, 2.45) is 0 Å². The molecule has 0 fully saturated rings. The van der Waals surface area contributed by atoms with Crippen molar-refractivity contribution in [2.45, 2.75) is 84.0 Å². The number of methoxy groups -OCH3 is 1. The summed E-state index contributed by atoms with van der Waals surface area (Å²) in [5.41, 5.74) is 0. The first-order valence-electron chi connectivity index (χ1n) is 8.29. The zero-order valence-corrected chi connectivity index (χ0v) is 13.8. The summed E-state index contributed by atoms with van der Waals surface area (Å²) in [5, 5.41) is 0. The van der Waals surface area contributed by atoms with Crippen LogP contribution in [0.5, 0.6) is 0 Å². The Morgan fingerprint density at radius 1 is 0.762 bits per heavy atom. The normalized spacial score (nSPS) is 9.24. The Labute approximate surface area is 131 Å². The summed E-state index contributed by atoms with van der Waals surface area (Å²) in [6.07, 6.45) is 12.7. The molecule has 0 radical (unpaired) electrons. The molecule has 0 aromatic carbocycles. The third kappa shape index (κ3) is 16.5. The summed E-state index contributed by atoms with van der Waals surface area (Å²) in [4.78, 5) is 10.9. The number of unbranched alkanes of at least 4 members (excludes halogenated alkanes) is 8. The van der Waals surface area contributed by atoms with E-state index < -0.39 is 0 Å². The van der Waals surface area contributed by atoms with Gasteiger partial charge in [0.15, 0.2) is 0 Å². The average Bonchev–Trinajstić information content (AvgIpc) is 2.50. The molecular formula is C19H30O2. The minimum Gasteiger partial charge on any atom is -0.469 e. The second-order valence-corrected chi connectivity index (χ2v) is 5.11. The van der Waals surface area contributed by atoms with Gasteiger partial charge < -0.3 is 4.74 Å². The second-order valence-electron chi connectivity index (χ2n) is 5.11. The Hall–Kier alpha value is -1.41.